The van der Waals surface area contributed by atoms with Crippen LogP contribution in [0.5, 0.6) is 11.5 Å². The molecule has 0 spiro atoms. The lowest BCUT2D eigenvalue weighted by Gasteiger charge is -2.20. The molecule has 0 aromatic heterocycles. The van der Waals surface area contributed by atoms with Gasteiger partial charge in [-0.05, 0) is 31.4 Å². The summed E-state index contributed by atoms with van der Waals surface area (Å²) in [5.74, 6) is 1.69. The molecule has 1 heterocycles. The third-order valence-electron chi connectivity index (χ3n) is 3.40. The smallest absolute Gasteiger partial charge is 0.193 e. The summed E-state index contributed by atoms with van der Waals surface area (Å²) in [4.78, 5) is 4.33. The Bertz CT molecular complexity index is 485. The highest BCUT2D eigenvalue weighted by Gasteiger charge is 2.13. The molecule has 1 aromatic carbocycles. The molecule has 3 N–H and O–H groups in total. The van der Waals surface area contributed by atoms with E-state index < -0.39 is 0 Å². The van der Waals surface area contributed by atoms with E-state index in [0.29, 0.717) is 24.0 Å². The predicted molar refractivity (Wildman–Crippen MR) is 83.2 cm³/mol. The van der Waals surface area contributed by atoms with Gasteiger partial charge in [0.1, 0.15) is 0 Å². The van der Waals surface area contributed by atoms with Crippen LogP contribution in [0.3, 0.4) is 0 Å². The van der Waals surface area contributed by atoms with E-state index >= 15 is 0 Å². The van der Waals surface area contributed by atoms with Gasteiger partial charge in [0.25, 0.3) is 0 Å². The maximum atomic E-state index is 5.90. The number of aliphatic imine (C=N–C) groups is 1. The Labute approximate surface area is 125 Å². The Morgan fingerprint density at radius 2 is 2.14 bits per heavy atom. The van der Waals surface area contributed by atoms with Crippen molar-refractivity contribution in [1.29, 1.82) is 0 Å². The van der Waals surface area contributed by atoms with Crippen LogP contribution < -0.4 is 20.5 Å². The minimum absolute atomic E-state index is 0.185. The maximum absolute atomic E-state index is 5.90. The van der Waals surface area contributed by atoms with Crippen molar-refractivity contribution in [1.82, 2.24) is 0 Å². The molecule has 116 valence electrons. The third-order valence-corrected chi connectivity index (χ3v) is 3.40. The second-order valence-electron chi connectivity index (χ2n) is 4.91. The first-order valence-corrected chi connectivity index (χ1v) is 7.13. The molecule has 1 saturated heterocycles. The minimum atomic E-state index is 0.185. The van der Waals surface area contributed by atoms with E-state index in [0.717, 1.165) is 25.1 Å². The van der Waals surface area contributed by atoms with Gasteiger partial charge in [0.05, 0.1) is 26.9 Å². The first-order chi connectivity index (χ1) is 10.2. The third kappa shape index (κ3) is 4.53. The van der Waals surface area contributed by atoms with Gasteiger partial charge in [0.2, 0.25) is 0 Å². The SMILES string of the molecule is COc1ccc(NC(N)=NCC2CCCCO2)cc1OC. The molecular weight excluding hydrogens is 270 g/mol. The number of ether oxygens (including phenoxy) is 3. The van der Waals surface area contributed by atoms with E-state index in [1.807, 2.05) is 18.2 Å². The monoisotopic (exact) mass is 293 g/mol. The molecule has 21 heavy (non-hydrogen) atoms. The van der Waals surface area contributed by atoms with Gasteiger partial charge in [-0.15, -0.1) is 0 Å². The molecular formula is C15H23N3O3. The van der Waals surface area contributed by atoms with Gasteiger partial charge >= 0.3 is 0 Å². The normalized spacial score (nSPS) is 19.1. The second-order valence-corrected chi connectivity index (χ2v) is 4.91. The fraction of sp³-hybridized carbons (Fsp3) is 0.533. The van der Waals surface area contributed by atoms with E-state index in [1.54, 1.807) is 14.2 Å². The first-order valence-electron chi connectivity index (χ1n) is 7.13. The highest BCUT2D eigenvalue weighted by Crippen LogP contribution is 2.29. The molecule has 1 aromatic rings. The van der Waals surface area contributed by atoms with Gasteiger partial charge in [0.15, 0.2) is 17.5 Å². The minimum Gasteiger partial charge on any atom is -0.493 e. The number of rotatable bonds is 5. The summed E-state index contributed by atoms with van der Waals surface area (Å²) in [6, 6.07) is 5.50. The Hall–Kier alpha value is -1.95. The lowest BCUT2D eigenvalue weighted by atomic mass is 10.1. The molecule has 1 aliphatic rings. The average molecular weight is 293 g/mol. The Morgan fingerprint density at radius 3 is 2.81 bits per heavy atom. The van der Waals surface area contributed by atoms with E-state index in [1.165, 1.54) is 6.42 Å². The summed E-state index contributed by atoms with van der Waals surface area (Å²) < 4.78 is 16.1. The van der Waals surface area contributed by atoms with Gasteiger partial charge < -0.3 is 25.3 Å². The van der Waals surface area contributed by atoms with Crippen molar-refractivity contribution < 1.29 is 14.2 Å². The summed E-state index contributed by atoms with van der Waals surface area (Å²) >= 11 is 0. The van der Waals surface area contributed by atoms with Crippen LogP contribution in [-0.4, -0.2) is 39.4 Å². The van der Waals surface area contributed by atoms with Crippen LogP contribution in [0.2, 0.25) is 0 Å². The van der Waals surface area contributed by atoms with Gasteiger partial charge in [-0.25, -0.2) is 0 Å². The Balaban J connectivity index is 1.93. The summed E-state index contributed by atoms with van der Waals surface area (Å²) in [6.07, 6.45) is 3.57. The number of nitrogens with one attached hydrogen (secondary N) is 1. The van der Waals surface area contributed by atoms with E-state index in [4.69, 9.17) is 19.9 Å². The van der Waals surface area contributed by atoms with Crippen molar-refractivity contribution in [2.75, 3.05) is 32.7 Å². The molecule has 0 saturated carbocycles. The fourth-order valence-electron chi connectivity index (χ4n) is 2.25. The van der Waals surface area contributed by atoms with Crippen molar-refractivity contribution in [2.24, 2.45) is 10.7 Å². The maximum Gasteiger partial charge on any atom is 0.193 e. The molecule has 0 radical (unpaired) electrons. The summed E-state index contributed by atoms with van der Waals surface area (Å²) in [5.41, 5.74) is 6.70. The molecule has 1 fully saturated rings. The second kappa shape index (κ2) is 7.73. The Morgan fingerprint density at radius 1 is 1.33 bits per heavy atom. The summed E-state index contributed by atoms with van der Waals surface area (Å²) in [7, 11) is 3.20. The fourth-order valence-corrected chi connectivity index (χ4v) is 2.25. The van der Waals surface area contributed by atoms with Crippen molar-refractivity contribution in [3.63, 3.8) is 0 Å². The average Bonchev–Trinajstić information content (AvgIpc) is 2.53. The van der Waals surface area contributed by atoms with Crippen molar-refractivity contribution in [3.8, 4) is 11.5 Å². The largest absolute Gasteiger partial charge is 0.493 e. The first kappa shape index (κ1) is 15.4. The number of methoxy groups -OCH3 is 2. The van der Waals surface area contributed by atoms with Crippen molar-refractivity contribution >= 4 is 11.6 Å². The van der Waals surface area contributed by atoms with Crippen LogP contribution in [0.4, 0.5) is 5.69 Å². The molecule has 1 unspecified atom stereocenters. The summed E-state index contributed by atoms with van der Waals surface area (Å²) in [6.45, 7) is 1.41. The molecule has 0 amide bonds. The highest BCUT2D eigenvalue weighted by atomic mass is 16.5. The molecule has 1 aliphatic heterocycles. The quantitative estimate of drug-likeness (QED) is 0.641. The van der Waals surface area contributed by atoms with Gasteiger partial charge in [-0.2, -0.15) is 0 Å². The van der Waals surface area contributed by atoms with Gasteiger partial charge in [0, 0.05) is 18.4 Å². The van der Waals surface area contributed by atoms with E-state index in [-0.39, 0.29) is 6.10 Å². The summed E-state index contributed by atoms with van der Waals surface area (Å²) in [5, 5.41) is 3.04. The van der Waals surface area contributed by atoms with Crippen molar-refractivity contribution in [3.05, 3.63) is 18.2 Å². The zero-order chi connectivity index (χ0) is 15.1. The number of hydrogen-bond acceptors (Lipinski definition) is 4. The highest BCUT2D eigenvalue weighted by molar-refractivity contribution is 5.92. The molecule has 2 rings (SSSR count). The van der Waals surface area contributed by atoms with E-state index in [9.17, 15) is 0 Å². The number of nitrogens with zero attached hydrogens (tertiary/aromatic N) is 1. The molecule has 1 atom stereocenters. The number of anilines is 1. The number of nitrogens with two attached hydrogens (primary N) is 1. The van der Waals surface area contributed by atoms with Crippen LogP contribution in [0, 0.1) is 0 Å². The predicted octanol–water partition coefficient (Wildman–Crippen LogP) is 2.00. The molecule has 0 bridgehead atoms. The van der Waals surface area contributed by atoms with Crippen molar-refractivity contribution in [2.45, 2.75) is 25.4 Å². The van der Waals surface area contributed by atoms with Crippen LogP contribution in [0.25, 0.3) is 0 Å². The molecule has 6 heteroatoms. The Kier molecular flexibility index (Phi) is 5.68. The van der Waals surface area contributed by atoms with E-state index in [2.05, 4.69) is 10.3 Å². The van der Waals surface area contributed by atoms with Crippen LogP contribution in [0.15, 0.2) is 23.2 Å². The zero-order valence-corrected chi connectivity index (χ0v) is 12.6. The lowest BCUT2D eigenvalue weighted by molar-refractivity contribution is 0.0225. The molecule has 6 nitrogen and oxygen atoms in total. The van der Waals surface area contributed by atoms with Crippen LogP contribution >= 0.6 is 0 Å². The standard InChI is InChI=1S/C15H23N3O3/c1-19-13-7-6-11(9-14(13)20-2)18-15(16)17-10-12-5-3-4-8-21-12/h6-7,9,12H,3-5,8,10H2,1-2H3,(H3,16,17,18). The molecule has 0 aliphatic carbocycles. The zero-order valence-electron chi connectivity index (χ0n) is 12.6. The number of hydrogen-bond donors (Lipinski definition) is 2. The van der Waals surface area contributed by atoms with Gasteiger partial charge in [-0.3, -0.25) is 4.99 Å². The van der Waals surface area contributed by atoms with Crippen LogP contribution in [-0.2, 0) is 4.74 Å². The lowest BCUT2D eigenvalue weighted by Crippen LogP contribution is -2.27. The number of benzene rings is 1. The number of guanidine groups is 1. The topological polar surface area (TPSA) is 78.1 Å². The van der Waals surface area contributed by atoms with Gasteiger partial charge in [-0.1, -0.05) is 0 Å². The van der Waals surface area contributed by atoms with Crippen LogP contribution in [0.1, 0.15) is 19.3 Å².